The number of benzene rings is 2. The van der Waals surface area contributed by atoms with Crippen molar-refractivity contribution in [2.24, 2.45) is 5.10 Å². The van der Waals surface area contributed by atoms with Gasteiger partial charge in [0.2, 0.25) is 6.79 Å². The Balaban J connectivity index is 1.54. The number of hydrogen-bond acceptors (Lipinski definition) is 6. The number of nitrogens with zero attached hydrogens (tertiary/aromatic N) is 1. The summed E-state index contributed by atoms with van der Waals surface area (Å²) in [4.78, 5) is 0. The van der Waals surface area contributed by atoms with Gasteiger partial charge in [0.25, 0.3) is 0 Å². The summed E-state index contributed by atoms with van der Waals surface area (Å²) in [5, 5.41) is 7.99. The molecule has 0 spiro atoms. The van der Waals surface area contributed by atoms with Crippen molar-refractivity contribution in [1.29, 1.82) is 0 Å². The highest BCUT2D eigenvalue weighted by molar-refractivity contribution is 7.80. The Morgan fingerprint density at radius 3 is 2.81 bits per heavy atom. The van der Waals surface area contributed by atoms with Crippen LogP contribution in [-0.2, 0) is 6.54 Å². The third-order valence-corrected chi connectivity index (χ3v) is 4.24. The molecule has 2 N–H and O–H groups in total. The van der Waals surface area contributed by atoms with Crippen molar-refractivity contribution < 1.29 is 18.9 Å². The van der Waals surface area contributed by atoms with Crippen molar-refractivity contribution in [2.45, 2.75) is 6.54 Å². The van der Waals surface area contributed by atoms with Gasteiger partial charge in [-0.05, 0) is 47.6 Å². The van der Waals surface area contributed by atoms with E-state index in [-0.39, 0.29) is 6.79 Å². The Kier molecular flexibility index (Phi) is 6.20. The molecule has 2 aromatic rings. The normalized spacial score (nSPS) is 12.1. The molecule has 0 saturated carbocycles. The predicted octanol–water partition coefficient (Wildman–Crippen LogP) is 3.08. The molecule has 2 aromatic carbocycles. The Labute approximate surface area is 167 Å². The molecule has 0 aliphatic carbocycles. The fourth-order valence-electron chi connectivity index (χ4n) is 2.45. The second-order valence-corrected chi connectivity index (χ2v) is 6.29. The van der Waals surface area contributed by atoms with Crippen LogP contribution in [0.1, 0.15) is 11.1 Å². The molecular formula is C18H18ClN3O4S. The number of hydrazone groups is 1. The Morgan fingerprint density at radius 1 is 1.22 bits per heavy atom. The van der Waals surface area contributed by atoms with Crippen molar-refractivity contribution in [3.05, 3.63) is 46.5 Å². The number of ether oxygens (including phenoxy) is 4. The number of fused-ring (bicyclic) bond motifs is 1. The van der Waals surface area contributed by atoms with Gasteiger partial charge in [-0.25, -0.2) is 0 Å². The lowest BCUT2D eigenvalue weighted by molar-refractivity contribution is 0.174. The summed E-state index contributed by atoms with van der Waals surface area (Å²) in [6, 6.07) is 9.20. The SMILES string of the molecule is COc1cc(/C=N\NC(=S)NCc2ccc3c(c2)OCO3)cc(Cl)c1OC. The lowest BCUT2D eigenvalue weighted by atomic mass is 10.2. The number of thiocarbonyl (C=S) groups is 1. The van der Waals surface area contributed by atoms with Crippen molar-refractivity contribution in [3.63, 3.8) is 0 Å². The maximum atomic E-state index is 6.17. The summed E-state index contributed by atoms with van der Waals surface area (Å²) in [5.74, 6) is 2.48. The molecule has 142 valence electrons. The third kappa shape index (κ3) is 4.72. The number of methoxy groups -OCH3 is 2. The van der Waals surface area contributed by atoms with Gasteiger partial charge in [0.15, 0.2) is 28.1 Å². The largest absolute Gasteiger partial charge is 0.493 e. The quantitative estimate of drug-likeness (QED) is 0.433. The fourth-order valence-corrected chi connectivity index (χ4v) is 2.87. The number of hydrogen-bond donors (Lipinski definition) is 2. The second-order valence-electron chi connectivity index (χ2n) is 5.48. The molecule has 1 heterocycles. The molecule has 1 aliphatic rings. The van der Waals surface area contributed by atoms with E-state index in [0.29, 0.717) is 28.2 Å². The molecule has 9 heteroatoms. The lowest BCUT2D eigenvalue weighted by Crippen LogP contribution is -2.31. The molecule has 0 saturated heterocycles. The topological polar surface area (TPSA) is 73.3 Å². The number of rotatable bonds is 6. The average molecular weight is 408 g/mol. The van der Waals surface area contributed by atoms with Gasteiger partial charge in [-0.15, -0.1) is 0 Å². The first kappa shape index (κ1) is 19.1. The van der Waals surface area contributed by atoms with Crippen molar-refractivity contribution in [2.75, 3.05) is 21.0 Å². The average Bonchev–Trinajstić information content (AvgIpc) is 3.13. The van der Waals surface area contributed by atoms with E-state index in [2.05, 4.69) is 15.8 Å². The summed E-state index contributed by atoms with van der Waals surface area (Å²) in [6.07, 6.45) is 1.59. The molecule has 0 amide bonds. The van der Waals surface area contributed by atoms with Crippen LogP contribution in [0.3, 0.4) is 0 Å². The molecule has 0 unspecified atom stereocenters. The van der Waals surface area contributed by atoms with E-state index in [1.54, 1.807) is 25.5 Å². The zero-order valence-electron chi connectivity index (χ0n) is 14.7. The van der Waals surface area contributed by atoms with Crippen molar-refractivity contribution >= 4 is 35.1 Å². The van der Waals surface area contributed by atoms with Gasteiger partial charge in [-0.1, -0.05) is 17.7 Å². The highest BCUT2D eigenvalue weighted by Crippen LogP contribution is 2.35. The maximum Gasteiger partial charge on any atom is 0.231 e. The standard InChI is InChI=1S/C18H18ClN3O4S/c1-23-16-7-12(5-13(19)17(16)24-2)9-21-22-18(27)20-8-11-3-4-14-15(6-11)26-10-25-14/h3-7,9H,8,10H2,1-2H3,(H2,20,22,27)/b21-9-. The van der Waals surface area contributed by atoms with Gasteiger partial charge in [-0.3, -0.25) is 5.43 Å². The summed E-state index contributed by atoms with van der Waals surface area (Å²) < 4.78 is 21.1. The summed E-state index contributed by atoms with van der Waals surface area (Å²) >= 11 is 11.4. The van der Waals surface area contributed by atoms with Gasteiger partial charge in [0.1, 0.15) is 0 Å². The minimum Gasteiger partial charge on any atom is -0.493 e. The van der Waals surface area contributed by atoms with E-state index in [0.717, 1.165) is 22.6 Å². The van der Waals surface area contributed by atoms with Crippen LogP contribution in [0, 0.1) is 0 Å². The highest BCUT2D eigenvalue weighted by Gasteiger charge is 2.13. The van der Waals surface area contributed by atoms with E-state index >= 15 is 0 Å². The van der Waals surface area contributed by atoms with Gasteiger partial charge in [-0.2, -0.15) is 5.10 Å². The highest BCUT2D eigenvalue weighted by atomic mass is 35.5. The zero-order valence-corrected chi connectivity index (χ0v) is 16.3. The Bertz CT molecular complexity index is 876. The van der Waals surface area contributed by atoms with Crippen LogP contribution in [-0.4, -0.2) is 32.3 Å². The number of halogens is 1. The van der Waals surface area contributed by atoms with E-state index in [9.17, 15) is 0 Å². The minimum absolute atomic E-state index is 0.251. The monoisotopic (exact) mass is 407 g/mol. The Hall–Kier alpha value is -2.71. The first-order valence-corrected chi connectivity index (χ1v) is 8.76. The lowest BCUT2D eigenvalue weighted by Gasteiger charge is -2.10. The molecule has 3 rings (SSSR count). The zero-order chi connectivity index (χ0) is 19.2. The fraction of sp³-hybridized carbons (Fsp3) is 0.222. The van der Waals surface area contributed by atoms with Gasteiger partial charge >= 0.3 is 0 Å². The van der Waals surface area contributed by atoms with Crippen molar-refractivity contribution in [1.82, 2.24) is 10.7 Å². The van der Waals surface area contributed by atoms with Gasteiger partial charge in [0, 0.05) is 6.54 Å². The van der Waals surface area contributed by atoms with Crippen LogP contribution in [0.4, 0.5) is 0 Å². The summed E-state index contributed by atoms with van der Waals surface area (Å²) in [7, 11) is 3.08. The molecule has 0 bridgehead atoms. The molecule has 1 aliphatic heterocycles. The van der Waals surface area contributed by atoms with E-state index in [1.165, 1.54) is 7.11 Å². The summed E-state index contributed by atoms with van der Waals surface area (Å²) in [6.45, 7) is 0.779. The maximum absolute atomic E-state index is 6.17. The van der Waals surface area contributed by atoms with Gasteiger partial charge < -0.3 is 24.3 Å². The van der Waals surface area contributed by atoms with Gasteiger partial charge in [0.05, 0.1) is 25.5 Å². The predicted molar refractivity (Wildman–Crippen MR) is 107 cm³/mol. The molecule has 0 atom stereocenters. The Morgan fingerprint density at radius 2 is 2.04 bits per heavy atom. The smallest absolute Gasteiger partial charge is 0.231 e. The molecular weight excluding hydrogens is 390 g/mol. The van der Waals surface area contributed by atoms with Crippen LogP contribution in [0.2, 0.25) is 5.02 Å². The first-order valence-electron chi connectivity index (χ1n) is 7.97. The molecule has 0 radical (unpaired) electrons. The van der Waals surface area contributed by atoms with E-state index in [1.807, 2.05) is 18.2 Å². The van der Waals surface area contributed by atoms with Crippen LogP contribution in [0.25, 0.3) is 0 Å². The molecule has 0 fully saturated rings. The van der Waals surface area contributed by atoms with E-state index < -0.39 is 0 Å². The summed E-state index contributed by atoms with van der Waals surface area (Å²) in [5.41, 5.74) is 4.51. The van der Waals surface area contributed by atoms with Crippen LogP contribution >= 0.6 is 23.8 Å². The van der Waals surface area contributed by atoms with E-state index in [4.69, 9.17) is 42.8 Å². The molecule has 7 nitrogen and oxygen atoms in total. The number of nitrogens with one attached hydrogen (secondary N) is 2. The second kappa shape index (κ2) is 8.79. The van der Waals surface area contributed by atoms with Crippen LogP contribution in [0.5, 0.6) is 23.0 Å². The van der Waals surface area contributed by atoms with Crippen LogP contribution < -0.4 is 29.7 Å². The first-order chi connectivity index (χ1) is 13.1. The minimum atomic E-state index is 0.251. The molecule has 27 heavy (non-hydrogen) atoms. The third-order valence-electron chi connectivity index (χ3n) is 3.73. The molecule has 0 aromatic heterocycles. The van der Waals surface area contributed by atoms with Crippen LogP contribution in [0.15, 0.2) is 35.4 Å². The van der Waals surface area contributed by atoms with Crippen molar-refractivity contribution in [3.8, 4) is 23.0 Å².